The van der Waals surface area contributed by atoms with E-state index in [0.717, 1.165) is 31.5 Å². The van der Waals surface area contributed by atoms with Gasteiger partial charge in [-0.3, -0.25) is 9.36 Å². The van der Waals surface area contributed by atoms with E-state index in [9.17, 15) is 9.59 Å². The van der Waals surface area contributed by atoms with Gasteiger partial charge < -0.3 is 19.1 Å². The van der Waals surface area contributed by atoms with E-state index in [-0.39, 0.29) is 30.3 Å². The predicted molar refractivity (Wildman–Crippen MR) is 107 cm³/mol. The van der Waals surface area contributed by atoms with Crippen molar-refractivity contribution in [1.29, 1.82) is 0 Å². The van der Waals surface area contributed by atoms with Crippen LogP contribution in [-0.4, -0.2) is 58.8 Å². The molecule has 1 saturated carbocycles. The van der Waals surface area contributed by atoms with Gasteiger partial charge in [-0.15, -0.1) is 0 Å². The number of methoxy groups -OCH3 is 1. The summed E-state index contributed by atoms with van der Waals surface area (Å²) in [6.07, 6.45) is 3.81. The first kappa shape index (κ1) is 19.2. The molecule has 1 aliphatic carbocycles. The topological polar surface area (TPSA) is 87.8 Å². The second-order valence-corrected chi connectivity index (χ2v) is 8.12. The van der Waals surface area contributed by atoms with Crippen LogP contribution in [0, 0.1) is 0 Å². The summed E-state index contributed by atoms with van der Waals surface area (Å²) in [5.41, 5.74) is 0.522. The lowest BCUT2D eigenvalue weighted by molar-refractivity contribution is 0.0702. The zero-order valence-electron chi connectivity index (χ0n) is 17.1. The molecule has 160 valence electrons. The van der Waals surface area contributed by atoms with Crippen LogP contribution >= 0.6 is 0 Å². The number of benzene rings is 1. The van der Waals surface area contributed by atoms with Gasteiger partial charge in [0.05, 0.1) is 13.2 Å². The Balaban J connectivity index is 1.38. The number of fused-ring (bicyclic) bond motifs is 1. The number of aromatic nitrogens is 3. The van der Waals surface area contributed by atoms with Crippen molar-refractivity contribution >= 4 is 5.91 Å². The first-order chi connectivity index (χ1) is 14.7. The van der Waals surface area contributed by atoms with Gasteiger partial charge in [0, 0.05) is 37.7 Å². The van der Waals surface area contributed by atoms with E-state index in [1.807, 2.05) is 9.47 Å². The Hall–Kier alpha value is -2.81. The molecule has 2 aromatic rings. The Bertz CT molecular complexity index is 1010. The third-order valence-electron chi connectivity index (χ3n) is 6.01. The minimum atomic E-state index is -0.0660. The summed E-state index contributed by atoms with van der Waals surface area (Å²) in [5, 5.41) is 4.66. The Morgan fingerprint density at radius 2 is 2.07 bits per heavy atom. The van der Waals surface area contributed by atoms with Crippen molar-refractivity contribution < 1.29 is 19.0 Å². The standard InChI is InChI=1S/C21H26N4O5/c1-28-10-9-24-21(27)25(16-5-6-16)19(22-24)15-3-2-8-23(12-15)20(26)14-4-7-17-18(11-14)30-13-29-17/h4,7,11,15-16H,2-3,5-6,8-10,12-13H2,1H3. The molecule has 3 heterocycles. The monoisotopic (exact) mass is 414 g/mol. The largest absolute Gasteiger partial charge is 0.454 e. The van der Waals surface area contributed by atoms with Gasteiger partial charge in [0.2, 0.25) is 6.79 Å². The average Bonchev–Trinajstić information content (AvgIpc) is 3.40. The van der Waals surface area contributed by atoms with Crippen LogP contribution in [0.15, 0.2) is 23.0 Å². The van der Waals surface area contributed by atoms with Crippen LogP contribution < -0.4 is 15.2 Å². The highest BCUT2D eigenvalue weighted by Crippen LogP contribution is 2.38. The number of nitrogens with zero attached hydrogens (tertiary/aromatic N) is 4. The summed E-state index contributed by atoms with van der Waals surface area (Å²) < 4.78 is 19.2. The van der Waals surface area contributed by atoms with Gasteiger partial charge in [-0.2, -0.15) is 5.10 Å². The van der Waals surface area contributed by atoms with Gasteiger partial charge in [-0.25, -0.2) is 9.48 Å². The van der Waals surface area contributed by atoms with Crippen LogP contribution in [0.1, 0.15) is 53.8 Å². The summed E-state index contributed by atoms with van der Waals surface area (Å²) in [7, 11) is 1.62. The SMILES string of the molecule is COCCn1nc(C2CCCN(C(=O)c3ccc4c(c3)OCO4)C2)n(C2CC2)c1=O. The lowest BCUT2D eigenvalue weighted by Gasteiger charge is -2.32. The molecule has 1 aromatic heterocycles. The maximum absolute atomic E-state index is 13.1. The molecule has 1 aromatic carbocycles. The molecule has 30 heavy (non-hydrogen) atoms. The van der Waals surface area contributed by atoms with Crippen LogP contribution in [-0.2, 0) is 11.3 Å². The number of amides is 1. The van der Waals surface area contributed by atoms with Crippen molar-refractivity contribution in [2.24, 2.45) is 0 Å². The van der Waals surface area contributed by atoms with Crippen molar-refractivity contribution in [3.05, 3.63) is 40.1 Å². The lowest BCUT2D eigenvalue weighted by Crippen LogP contribution is -2.40. The minimum Gasteiger partial charge on any atom is -0.454 e. The highest BCUT2D eigenvalue weighted by atomic mass is 16.7. The summed E-state index contributed by atoms with van der Waals surface area (Å²) in [6.45, 7) is 2.32. The van der Waals surface area contributed by atoms with E-state index in [2.05, 4.69) is 5.10 Å². The van der Waals surface area contributed by atoms with E-state index >= 15 is 0 Å². The Morgan fingerprint density at radius 1 is 1.23 bits per heavy atom. The molecule has 2 aliphatic heterocycles. The van der Waals surface area contributed by atoms with Crippen molar-refractivity contribution in [2.45, 2.75) is 44.2 Å². The van der Waals surface area contributed by atoms with Gasteiger partial charge >= 0.3 is 5.69 Å². The first-order valence-electron chi connectivity index (χ1n) is 10.5. The van der Waals surface area contributed by atoms with Gasteiger partial charge in [0.25, 0.3) is 5.91 Å². The maximum Gasteiger partial charge on any atom is 0.346 e. The summed E-state index contributed by atoms with van der Waals surface area (Å²) in [6, 6.07) is 5.54. The van der Waals surface area contributed by atoms with Gasteiger partial charge in [-0.1, -0.05) is 0 Å². The summed E-state index contributed by atoms with van der Waals surface area (Å²) >= 11 is 0. The molecular formula is C21H26N4O5. The molecule has 1 unspecified atom stereocenters. The summed E-state index contributed by atoms with van der Waals surface area (Å²) in [4.78, 5) is 27.9. The number of likely N-dealkylation sites (tertiary alicyclic amines) is 1. The normalized spacial score (nSPS) is 20.6. The number of hydrogen-bond acceptors (Lipinski definition) is 6. The smallest absolute Gasteiger partial charge is 0.346 e. The molecule has 1 atom stereocenters. The van der Waals surface area contributed by atoms with Crippen LogP contribution in [0.3, 0.4) is 0 Å². The molecular weight excluding hydrogens is 388 g/mol. The maximum atomic E-state index is 13.1. The molecule has 2 fully saturated rings. The second-order valence-electron chi connectivity index (χ2n) is 8.12. The quantitative estimate of drug-likeness (QED) is 0.716. The van der Waals surface area contributed by atoms with E-state index in [1.54, 1.807) is 25.3 Å². The first-order valence-corrected chi connectivity index (χ1v) is 10.5. The van der Waals surface area contributed by atoms with Crippen molar-refractivity contribution in [1.82, 2.24) is 19.2 Å². The lowest BCUT2D eigenvalue weighted by atomic mass is 9.96. The van der Waals surface area contributed by atoms with Crippen molar-refractivity contribution in [2.75, 3.05) is 33.6 Å². The van der Waals surface area contributed by atoms with Gasteiger partial charge in [0.1, 0.15) is 5.82 Å². The molecule has 3 aliphatic rings. The average molecular weight is 414 g/mol. The van der Waals surface area contributed by atoms with E-state index in [1.165, 1.54) is 4.68 Å². The molecule has 0 radical (unpaired) electrons. The van der Waals surface area contributed by atoms with E-state index < -0.39 is 0 Å². The number of ether oxygens (including phenoxy) is 3. The minimum absolute atomic E-state index is 0.0304. The van der Waals surface area contributed by atoms with Crippen molar-refractivity contribution in [3.63, 3.8) is 0 Å². The van der Waals surface area contributed by atoms with Crippen LogP contribution in [0.2, 0.25) is 0 Å². The number of rotatable bonds is 6. The molecule has 1 amide bonds. The molecule has 0 spiro atoms. The van der Waals surface area contributed by atoms with Gasteiger partial charge in [0.15, 0.2) is 11.5 Å². The number of hydrogen-bond donors (Lipinski definition) is 0. The third kappa shape index (κ3) is 3.47. The molecule has 0 N–H and O–H groups in total. The highest BCUT2D eigenvalue weighted by molar-refractivity contribution is 5.95. The Morgan fingerprint density at radius 3 is 2.87 bits per heavy atom. The number of piperidine rings is 1. The molecule has 1 saturated heterocycles. The second kappa shape index (κ2) is 7.79. The Labute approximate surface area is 174 Å². The third-order valence-corrected chi connectivity index (χ3v) is 6.01. The zero-order chi connectivity index (χ0) is 20.7. The fourth-order valence-electron chi connectivity index (χ4n) is 4.30. The molecule has 9 nitrogen and oxygen atoms in total. The zero-order valence-corrected chi connectivity index (χ0v) is 17.1. The number of carbonyl (C=O) groups excluding carboxylic acids is 1. The van der Waals surface area contributed by atoms with Crippen molar-refractivity contribution in [3.8, 4) is 11.5 Å². The van der Waals surface area contributed by atoms with E-state index in [0.29, 0.717) is 43.3 Å². The number of carbonyl (C=O) groups is 1. The van der Waals surface area contributed by atoms with Gasteiger partial charge in [-0.05, 0) is 43.9 Å². The van der Waals surface area contributed by atoms with Crippen LogP contribution in [0.4, 0.5) is 0 Å². The fourth-order valence-corrected chi connectivity index (χ4v) is 4.30. The van der Waals surface area contributed by atoms with Crippen LogP contribution in [0.25, 0.3) is 0 Å². The highest BCUT2D eigenvalue weighted by Gasteiger charge is 2.35. The van der Waals surface area contributed by atoms with E-state index in [4.69, 9.17) is 14.2 Å². The van der Waals surface area contributed by atoms with Crippen LogP contribution in [0.5, 0.6) is 11.5 Å². The predicted octanol–water partition coefficient (Wildman–Crippen LogP) is 1.77. The molecule has 9 heteroatoms. The molecule has 0 bridgehead atoms. The molecule has 5 rings (SSSR count). The summed E-state index contributed by atoms with van der Waals surface area (Å²) in [5.74, 6) is 2.10. The Kier molecular flexibility index (Phi) is 4.98. The fraction of sp³-hybridized carbons (Fsp3) is 0.571.